The summed E-state index contributed by atoms with van der Waals surface area (Å²) in [6, 6.07) is 0. The SMILES string of the molecule is O=C(O)C(O)C(O)C(=O)OC(=O)C(F)(F)F. The summed E-state index contributed by atoms with van der Waals surface area (Å²) in [5.74, 6) is -7.20. The van der Waals surface area contributed by atoms with E-state index in [1.165, 1.54) is 0 Å². The molecule has 92 valence electrons. The Bertz CT molecular complexity index is 310. The topological polar surface area (TPSA) is 121 Å². The van der Waals surface area contributed by atoms with Gasteiger partial charge in [-0.3, -0.25) is 0 Å². The van der Waals surface area contributed by atoms with Crippen LogP contribution in [-0.2, 0) is 19.1 Å². The van der Waals surface area contributed by atoms with E-state index in [9.17, 15) is 27.6 Å². The number of carbonyl (C=O) groups is 3. The first-order chi connectivity index (χ1) is 7.07. The van der Waals surface area contributed by atoms with E-state index in [0.29, 0.717) is 0 Å². The van der Waals surface area contributed by atoms with Crippen molar-refractivity contribution < 1.29 is 47.6 Å². The molecule has 0 aromatic heterocycles. The third-order valence-electron chi connectivity index (χ3n) is 1.22. The zero-order valence-corrected chi connectivity index (χ0v) is 7.26. The highest BCUT2D eigenvalue weighted by Crippen LogP contribution is 2.17. The van der Waals surface area contributed by atoms with Crippen molar-refractivity contribution in [3.63, 3.8) is 0 Å². The van der Waals surface area contributed by atoms with Gasteiger partial charge < -0.3 is 20.1 Å². The maximum Gasteiger partial charge on any atom is 0.491 e. The molecule has 0 rings (SSSR count). The summed E-state index contributed by atoms with van der Waals surface area (Å²) in [7, 11) is 0. The lowest BCUT2D eigenvalue weighted by molar-refractivity contribution is -0.206. The number of carbonyl (C=O) groups excluding carboxylic acids is 2. The molecular weight excluding hydrogens is 241 g/mol. The Labute approximate surface area is 85.0 Å². The number of hydrogen-bond acceptors (Lipinski definition) is 6. The average Bonchev–Trinajstić information content (AvgIpc) is 2.13. The molecule has 2 atom stereocenters. The van der Waals surface area contributed by atoms with E-state index in [0.717, 1.165) is 0 Å². The zero-order valence-electron chi connectivity index (χ0n) is 7.26. The Morgan fingerprint density at radius 3 is 1.81 bits per heavy atom. The smallest absolute Gasteiger partial charge is 0.479 e. The molecule has 0 spiro atoms. The van der Waals surface area contributed by atoms with Crippen LogP contribution in [0.5, 0.6) is 0 Å². The van der Waals surface area contributed by atoms with Crippen molar-refractivity contribution >= 4 is 17.9 Å². The van der Waals surface area contributed by atoms with Crippen LogP contribution in [-0.4, -0.2) is 51.6 Å². The molecule has 16 heavy (non-hydrogen) atoms. The van der Waals surface area contributed by atoms with Crippen LogP contribution < -0.4 is 0 Å². The van der Waals surface area contributed by atoms with Gasteiger partial charge in [-0.1, -0.05) is 0 Å². The zero-order chi connectivity index (χ0) is 13.1. The number of hydrogen-bond donors (Lipinski definition) is 3. The fourth-order valence-electron chi connectivity index (χ4n) is 0.474. The Kier molecular flexibility index (Phi) is 4.38. The van der Waals surface area contributed by atoms with Gasteiger partial charge in [0.15, 0.2) is 12.2 Å². The molecule has 10 heteroatoms. The molecule has 0 aromatic rings. The number of carboxylic acid groups (broad SMARTS) is 1. The van der Waals surface area contributed by atoms with Crippen molar-refractivity contribution in [3.05, 3.63) is 0 Å². The van der Waals surface area contributed by atoms with E-state index >= 15 is 0 Å². The third kappa shape index (κ3) is 3.82. The summed E-state index contributed by atoms with van der Waals surface area (Å²) in [6.07, 6.45) is -10.9. The van der Waals surface area contributed by atoms with Crippen molar-refractivity contribution in [3.8, 4) is 0 Å². The average molecular weight is 246 g/mol. The van der Waals surface area contributed by atoms with Gasteiger partial charge in [-0.05, 0) is 0 Å². The molecule has 0 saturated heterocycles. The Morgan fingerprint density at radius 1 is 1.06 bits per heavy atom. The summed E-state index contributed by atoms with van der Waals surface area (Å²) in [5.41, 5.74) is 0. The normalized spacial score (nSPS) is 15.1. The lowest BCUT2D eigenvalue weighted by Crippen LogP contribution is -2.42. The first-order valence-electron chi connectivity index (χ1n) is 3.49. The molecule has 0 aliphatic carbocycles. The van der Waals surface area contributed by atoms with Crippen LogP contribution in [0.3, 0.4) is 0 Å². The van der Waals surface area contributed by atoms with E-state index in [-0.39, 0.29) is 0 Å². The largest absolute Gasteiger partial charge is 0.491 e. The molecule has 0 aliphatic heterocycles. The maximum absolute atomic E-state index is 11.5. The highest BCUT2D eigenvalue weighted by atomic mass is 19.4. The minimum atomic E-state index is -5.47. The van der Waals surface area contributed by atoms with E-state index in [2.05, 4.69) is 4.74 Å². The molecule has 2 unspecified atom stereocenters. The number of esters is 2. The van der Waals surface area contributed by atoms with E-state index in [1.807, 2.05) is 0 Å². The number of halogens is 3. The van der Waals surface area contributed by atoms with Crippen LogP contribution >= 0.6 is 0 Å². The number of alkyl halides is 3. The molecule has 3 N–H and O–H groups in total. The van der Waals surface area contributed by atoms with Crippen LogP contribution in [0.15, 0.2) is 0 Å². The van der Waals surface area contributed by atoms with Crippen LogP contribution in [0.4, 0.5) is 13.2 Å². The summed E-state index contributed by atoms with van der Waals surface area (Å²) >= 11 is 0. The van der Waals surface area contributed by atoms with Crippen molar-refractivity contribution in [2.45, 2.75) is 18.4 Å². The second-order valence-electron chi connectivity index (χ2n) is 2.43. The minimum Gasteiger partial charge on any atom is -0.479 e. The van der Waals surface area contributed by atoms with Gasteiger partial charge in [0.2, 0.25) is 0 Å². The van der Waals surface area contributed by atoms with Crippen molar-refractivity contribution in [1.82, 2.24) is 0 Å². The summed E-state index contributed by atoms with van der Waals surface area (Å²) in [6.45, 7) is 0. The molecular formula is C6H5F3O7. The molecule has 0 aromatic carbocycles. The second kappa shape index (κ2) is 4.90. The predicted octanol–water partition coefficient (Wildman–Crippen LogP) is -1.58. The Morgan fingerprint density at radius 2 is 1.50 bits per heavy atom. The number of aliphatic carboxylic acids is 1. The first-order valence-corrected chi connectivity index (χ1v) is 3.49. The highest BCUT2D eigenvalue weighted by molar-refractivity contribution is 5.93. The molecule has 0 bridgehead atoms. The van der Waals surface area contributed by atoms with Gasteiger partial charge in [0.25, 0.3) is 0 Å². The molecule has 7 nitrogen and oxygen atoms in total. The van der Waals surface area contributed by atoms with Gasteiger partial charge in [-0.15, -0.1) is 0 Å². The number of aliphatic hydroxyl groups is 2. The van der Waals surface area contributed by atoms with Crippen molar-refractivity contribution in [2.75, 3.05) is 0 Å². The van der Waals surface area contributed by atoms with Crippen LogP contribution in [0, 0.1) is 0 Å². The van der Waals surface area contributed by atoms with Gasteiger partial charge in [-0.25, -0.2) is 14.4 Å². The van der Waals surface area contributed by atoms with Gasteiger partial charge in [0.05, 0.1) is 0 Å². The lowest BCUT2D eigenvalue weighted by atomic mass is 10.2. The minimum absolute atomic E-state index is 2.07. The standard InChI is InChI=1S/C6H5F3O7/c7-6(8,9)5(15)16-4(14)2(11)1(10)3(12)13/h1-2,10-11H,(H,12,13). The van der Waals surface area contributed by atoms with E-state index in [1.54, 1.807) is 0 Å². The van der Waals surface area contributed by atoms with Crippen molar-refractivity contribution in [2.24, 2.45) is 0 Å². The van der Waals surface area contributed by atoms with Gasteiger partial charge in [0, 0.05) is 0 Å². The molecule has 0 radical (unpaired) electrons. The number of aliphatic hydroxyl groups excluding tert-OH is 2. The van der Waals surface area contributed by atoms with E-state index in [4.69, 9.17) is 15.3 Å². The molecule has 0 heterocycles. The summed E-state index contributed by atoms with van der Waals surface area (Å²) in [4.78, 5) is 30.6. The molecule has 0 aliphatic rings. The molecule has 0 amide bonds. The maximum atomic E-state index is 11.5. The summed E-state index contributed by atoms with van der Waals surface area (Å²) in [5, 5.41) is 25.3. The van der Waals surface area contributed by atoms with E-state index < -0.39 is 36.3 Å². The van der Waals surface area contributed by atoms with Crippen LogP contribution in [0.2, 0.25) is 0 Å². The molecule has 0 fully saturated rings. The van der Waals surface area contributed by atoms with Crippen LogP contribution in [0.25, 0.3) is 0 Å². The van der Waals surface area contributed by atoms with Crippen molar-refractivity contribution in [1.29, 1.82) is 0 Å². The quantitative estimate of drug-likeness (QED) is 0.406. The monoisotopic (exact) mass is 246 g/mol. The molecule has 0 saturated carbocycles. The summed E-state index contributed by atoms with van der Waals surface area (Å²) < 4.78 is 37.7. The Hall–Kier alpha value is -1.68. The van der Waals surface area contributed by atoms with Crippen LogP contribution in [0.1, 0.15) is 0 Å². The lowest BCUT2D eigenvalue weighted by Gasteiger charge is -2.12. The first kappa shape index (κ1) is 14.3. The number of rotatable bonds is 3. The van der Waals surface area contributed by atoms with Gasteiger partial charge >= 0.3 is 24.1 Å². The van der Waals surface area contributed by atoms with Gasteiger partial charge in [-0.2, -0.15) is 13.2 Å². The number of carboxylic acids is 1. The second-order valence-corrected chi connectivity index (χ2v) is 2.43. The fourth-order valence-corrected chi connectivity index (χ4v) is 0.474. The highest BCUT2D eigenvalue weighted by Gasteiger charge is 2.44. The van der Waals surface area contributed by atoms with Gasteiger partial charge in [0.1, 0.15) is 0 Å². The fraction of sp³-hybridized carbons (Fsp3) is 0.500. The number of ether oxygens (including phenoxy) is 1. The third-order valence-corrected chi connectivity index (χ3v) is 1.22. The Balaban J connectivity index is 4.49. The predicted molar refractivity (Wildman–Crippen MR) is 36.8 cm³/mol.